The van der Waals surface area contributed by atoms with Crippen LogP contribution in [0.4, 0.5) is 22.0 Å². The molecule has 0 amide bonds. The molecule has 4 rings (SSSR count). The van der Waals surface area contributed by atoms with Gasteiger partial charge in [0.25, 0.3) is 0 Å². The van der Waals surface area contributed by atoms with E-state index in [0.717, 1.165) is 28.6 Å². The van der Waals surface area contributed by atoms with Crippen molar-refractivity contribution in [3.05, 3.63) is 78.4 Å². The molecule has 0 unspecified atom stereocenters. The fourth-order valence-corrected chi connectivity index (χ4v) is 3.31. The van der Waals surface area contributed by atoms with E-state index in [0.29, 0.717) is 10.1 Å². The number of alkyl halides is 3. The monoisotopic (exact) mass is 435 g/mol. The van der Waals surface area contributed by atoms with Crippen LogP contribution in [0, 0.1) is 11.9 Å². The fraction of sp³-hybridized carbons (Fsp3) is 0.0526. The molecule has 0 radical (unpaired) electrons. The highest BCUT2D eigenvalue weighted by Gasteiger charge is 2.33. The van der Waals surface area contributed by atoms with Crippen LogP contribution >= 0.6 is 11.8 Å². The lowest BCUT2D eigenvalue weighted by Gasteiger charge is -2.07. The van der Waals surface area contributed by atoms with Gasteiger partial charge in [0.2, 0.25) is 11.9 Å². The van der Waals surface area contributed by atoms with Gasteiger partial charge in [0.05, 0.1) is 11.3 Å². The molecule has 0 saturated carbocycles. The summed E-state index contributed by atoms with van der Waals surface area (Å²) in [7, 11) is 0. The molecule has 4 aromatic heterocycles. The average Bonchev–Trinajstić information content (AvgIpc) is 3.19. The number of rotatable bonds is 4. The molecular formula is C19H10F5N5S. The third-order valence-electron chi connectivity index (χ3n) is 3.85. The van der Waals surface area contributed by atoms with Crippen LogP contribution in [-0.2, 0) is 6.18 Å². The molecule has 30 heavy (non-hydrogen) atoms. The minimum Gasteiger partial charge on any atom is -0.241 e. The van der Waals surface area contributed by atoms with E-state index in [1.165, 1.54) is 18.3 Å². The Bertz CT molecular complexity index is 1210. The summed E-state index contributed by atoms with van der Waals surface area (Å²) >= 11 is 1.12. The number of hydrogen-bond acceptors (Lipinski definition) is 5. The summed E-state index contributed by atoms with van der Waals surface area (Å²) in [5.74, 6) is -1.72. The Balaban J connectivity index is 1.60. The molecule has 0 aliphatic rings. The van der Waals surface area contributed by atoms with Gasteiger partial charge in [-0.1, -0.05) is 23.9 Å². The first kappa shape index (κ1) is 20.0. The van der Waals surface area contributed by atoms with Crippen LogP contribution in [0.5, 0.6) is 0 Å². The van der Waals surface area contributed by atoms with E-state index in [9.17, 15) is 22.0 Å². The largest absolute Gasteiger partial charge is 0.435 e. The van der Waals surface area contributed by atoms with E-state index in [-0.39, 0.29) is 17.1 Å². The standard InChI is InChI=1S/C19H10F5N5S/c20-14-8-7-11(18(21)26-14)12-3-1-5-16(25-12)30-17-6-2-4-15(27-17)29-10-9-13(28-29)19(22,23)24/h1-10H. The van der Waals surface area contributed by atoms with Crippen molar-refractivity contribution in [2.45, 2.75) is 16.2 Å². The predicted molar refractivity (Wildman–Crippen MR) is 97.9 cm³/mol. The van der Waals surface area contributed by atoms with Gasteiger partial charge < -0.3 is 0 Å². The molecule has 0 aliphatic carbocycles. The molecule has 0 saturated heterocycles. The molecule has 0 bridgehead atoms. The van der Waals surface area contributed by atoms with Crippen LogP contribution in [0.15, 0.2) is 70.8 Å². The topological polar surface area (TPSA) is 56.5 Å². The highest BCUT2D eigenvalue weighted by atomic mass is 32.2. The number of hydrogen-bond donors (Lipinski definition) is 0. The summed E-state index contributed by atoms with van der Waals surface area (Å²) in [4.78, 5) is 11.7. The number of halogens is 5. The number of nitrogens with zero attached hydrogens (tertiary/aromatic N) is 5. The summed E-state index contributed by atoms with van der Waals surface area (Å²) < 4.78 is 66.2. The minimum absolute atomic E-state index is 0.0387. The van der Waals surface area contributed by atoms with Crippen molar-refractivity contribution in [3.63, 3.8) is 0 Å². The first-order valence-electron chi connectivity index (χ1n) is 8.37. The zero-order valence-electron chi connectivity index (χ0n) is 14.8. The maximum absolute atomic E-state index is 13.9. The van der Waals surface area contributed by atoms with Crippen LogP contribution in [0.1, 0.15) is 5.69 Å². The molecular weight excluding hydrogens is 425 g/mol. The minimum atomic E-state index is -4.55. The fourth-order valence-electron chi connectivity index (χ4n) is 2.52. The van der Waals surface area contributed by atoms with Crippen LogP contribution in [0.25, 0.3) is 17.1 Å². The Morgan fingerprint density at radius 2 is 1.53 bits per heavy atom. The lowest BCUT2D eigenvalue weighted by Crippen LogP contribution is -2.07. The van der Waals surface area contributed by atoms with Crippen LogP contribution < -0.4 is 0 Å². The van der Waals surface area contributed by atoms with Crippen molar-refractivity contribution in [2.24, 2.45) is 0 Å². The first-order valence-corrected chi connectivity index (χ1v) is 9.19. The van der Waals surface area contributed by atoms with Crippen molar-refractivity contribution < 1.29 is 22.0 Å². The summed E-state index contributed by atoms with van der Waals surface area (Å²) in [6, 6.07) is 12.8. The third kappa shape index (κ3) is 4.30. The molecule has 4 heterocycles. The van der Waals surface area contributed by atoms with Crippen molar-refractivity contribution >= 4 is 11.8 Å². The van der Waals surface area contributed by atoms with Gasteiger partial charge in [-0.05, 0) is 42.5 Å². The second-order valence-electron chi connectivity index (χ2n) is 5.91. The normalized spacial score (nSPS) is 11.6. The maximum Gasteiger partial charge on any atom is 0.435 e. The Morgan fingerprint density at radius 1 is 0.800 bits per heavy atom. The van der Waals surface area contributed by atoms with Crippen LogP contribution in [-0.4, -0.2) is 24.7 Å². The Morgan fingerprint density at radius 3 is 2.23 bits per heavy atom. The highest BCUT2D eigenvalue weighted by Crippen LogP contribution is 2.30. The van der Waals surface area contributed by atoms with E-state index in [1.807, 2.05) is 0 Å². The second-order valence-corrected chi connectivity index (χ2v) is 6.95. The van der Waals surface area contributed by atoms with Gasteiger partial charge in [0.15, 0.2) is 11.5 Å². The first-order chi connectivity index (χ1) is 14.3. The maximum atomic E-state index is 13.9. The van der Waals surface area contributed by atoms with Gasteiger partial charge >= 0.3 is 6.18 Å². The van der Waals surface area contributed by atoms with Crippen molar-refractivity contribution in [2.75, 3.05) is 0 Å². The van der Waals surface area contributed by atoms with E-state index in [2.05, 4.69) is 20.1 Å². The Kier molecular flexibility index (Phi) is 5.20. The van der Waals surface area contributed by atoms with E-state index < -0.39 is 23.8 Å². The molecule has 0 aliphatic heterocycles. The molecule has 152 valence electrons. The van der Waals surface area contributed by atoms with E-state index in [1.54, 1.807) is 30.3 Å². The number of aromatic nitrogens is 5. The van der Waals surface area contributed by atoms with E-state index in [4.69, 9.17) is 0 Å². The molecule has 0 atom stereocenters. The summed E-state index contributed by atoms with van der Waals surface area (Å²) in [5.41, 5.74) is -0.730. The molecule has 0 N–H and O–H groups in total. The number of pyridine rings is 3. The SMILES string of the molecule is Fc1ccc(-c2cccc(Sc3cccc(-n4ccc(C(F)(F)F)n4)n3)n2)c(F)n1. The highest BCUT2D eigenvalue weighted by molar-refractivity contribution is 7.99. The molecule has 11 heteroatoms. The zero-order chi connectivity index (χ0) is 21.3. The molecule has 0 aromatic carbocycles. The van der Waals surface area contributed by atoms with Crippen molar-refractivity contribution in [3.8, 4) is 17.1 Å². The van der Waals surface area contributed by atoms with Gasteiger partial charge in [-0.15, -0.1) is 0 Å². The predicted octanol–water partition coefficient (Wildman–Crippen LogP) is 5.17. The second kappa shape index (κ2) is 7.82. The summed E-state index contributed by atoms with van der Waals surface area (Å²) in [6.45, 7) is 0. The van der Waals surface area contributed by atoms with Gasteiger partial charge in [-0.2, -0.15) is 32.0 Å². The smallest absolute Gasteiger partial charge is 0.241 e. The van der Waals surface area contributed by atoms with Crippen molar-refractivity contribution in [1.29, 1.82) is 0 Å². The van der Waals surface area contributed by atoms with Gasteiger partial charge in [0.1, 0.15) is 10.1 Å². The van der Waals surface area contributed by atoms with Gasteiger partial charge in [-0.25, -0.2) is 14.6 Å². The zero-order valence-corrected chi connectivity index (χ0v) is 15.6. The average molecular weight is 435 g/mol. The van der Waals surface area contributed by atoms with Gasteiger partial charge in [0, 0.05) is 6.20 Å². The molecule has 0 fully saturated rings. The quantitative estimate of drug-likeness (QED) is 0.327. The lowest BCUT2D eigenvalue weighted by molar-refractivity contribution is -0.141. The van der Waals surface area contributed by atoms with Gasteiger partial charge in [-0.3, -0.25) is 0 Å². The van der Waals surface area contributed by atoms with E-state index >= 15 is 0 Å². The summed E-state index contributed by atoms with van der Waals surface area (Å²) in [6.07, 6.45) is -3.38. The third-order valence-corrected chi connectivity index (χ3v) is 4.72. The lowest BCUT2D eigenvalue weighted by atomic mass is 10.2. The van der Waals surface area contributed by atoms with Crippen molar-refractivity contribution in [1.82, 2.24) is 24.7 Å². The van der Waals surface area contributed by atoms with Crippen LogP contribution in [0.3, 0.4) is 0 Å². The molecule has 5 nitrogen and oxygen atoms in total. The summed E-state index contributed by atoms with van der Waals surface area (Å²) in [5, 5.41) is 4.39. The molecule has 4 aromatic rings. The molecule has 0 spiro atoms. The Labute approximate surface area is 170 Å². The Hall–Kier alpha value is -3.34. The van der Waals surface area contributed by atoms with Crippen LogP contribution in [0.2, 0.25) is 0 Å².